The van der Waals surface area contributed by atoms with Crippen LogP contribution in [0.25, 0.3) is 0 Å². The van der Waals surface area contributed by atoms with Crippen LogP contribution >= 0.6 is 15.9 Å². The molecule has 0 unspecified atom stereocenters. The van der Waals surface area contributed by atoms with E-state index >= 15 is 0 Å². The monoisotopic (exact) mass is 506 g/mol. The summed E-state index contributed by atoms with van der Waals surface area (Å²) in [5.74, 6) is 0.872. The summed E-state index contributed by atoms with van der Waals surface area (Å²) in [7, 11) is 0. The zero-order chi connectivity index (χ0) is 23.3. The molecular formula is C23H27BrN2O6. The number of ether oxygens (including phenoxy) is 4. The highest BCUT2D eigenvalue weighted by Crippen LogP contribution is 2.36. The molecule has 1 N–H and O–H groups in total. The number of carbonyl (C=O) groups excluding carboxylic acids is 2. The van der Waals surface area contributed by atoms with Crippen LogP contribution in [0.5, 0.6) is 17.2 Å². The van der Waals surface area contributed by atoms with E-state index in [2.05, 4.69) is 26.5 Å². The Hall–Kier alpha value is -3.07. The van der Waals surface area contributed by atoms with Crippen LogP contribution < -0.4 is 19.6 Å². The number of carbonyl (C=O) groups is 2. The largest absolute Gasteiger partial charge is 0.494 e. The average Bonchev–Trinajstić information content (AvgIpc) is 2.75. The maximum Gasteiger partial charge on any atom is 0.344 e. The van der Waals surface area contributed by atoms with Gasteiger partial charge in [0.05, 0.1) is 36.9 Å². The number of hydrazone groups is 1. The van der Waals surface area contributed by atoms with Crippen molar-refractivity contribution in [1.29, 1.82) is 0 Å². The number of esters is 1. The zero-order valence-electron chi connectivity index (χ0n) is 18.4. The van der Waals surface area contributed by atoms with Crippen LogP contribution in [0.4, 0.5) is 0 Å². The lowest BCUT2D eigenvalue weighted by atomic mass is 10.1. The number of nitrogens with one attached hydrogen (secondary N) is 1. The van der Waals surface area contributed by atoms with E-state index in [1.54, 1.807) is 19.1 Å². The topological polar surface area (TPSA) is 95.5 Å². The van der Waals surface area contributed by atoms with Crippen molar-refractivity contribution >= 4 is 34.0 Å². The van der Waals surface area contributed by atoms with Gasteiger partial charge in [0.25, 0.3) is 0 Å². The minimum absolute atomic E-state index is 0.193. The van der Waals surface area contributed by atoms with Gasteiger partial charge in [0, 0.05) is 0 Å². The highest BCUT2D eigenvalue weighted by molar-refractivity contribution is 9.10. The number of amides is 1. The van der Waals surface area contributed by atoms with Gasteiger partial charge >= 0.3 is 5.97 Å². The van der Waals surface area contributed by atoms with Crippen molar-refractivity contribution in [2.75, 3.05) is 26.4 Å². The maximum absolute atomic E-state index is 12.2. The second-order valence-corrected chi connectivity index (χ2v) is 7.26. The second-order valence-electron chi connectivity index (χ2n) is 6.40. The molecule has 0 saturated heterocycles. The lowest BCUT2D eigenvalue weighted by molar-refractivity contribution is -0.145. The SMILES string of the molecule is CCOC(=O)COc1c(Br)cc(/C=N\NC(=O)Cc2ccc(OCC)cc2)cc1OCC. The van der Waals surface area contributed by atoms with E-state index in [0.717, 1.165) is 11.3 Å². The number of nitrogens with zero attached hydrogens (tertiary/aromatic N) is 1. The van der Waals surface area contributed by atoms with Gasteiger partial charge in [-0.05, 0) is 72.1 Å². The molecule has 2 aromatic rings. The minimum atomic E-state index is -0.470. The van der Waals surface area contributed by atoms with Crippen molar-refractivity contribution in [3.63, 3.8) is 0 Å². The Balaban J connectivity index is 1.99. The van der Waals surface area contributed by atoms with Gasteiger partial charge in [-0.3, -0.25) is 4.79 Å². The molecule has 0 aliphatic carbocycles. The molecule has 0 saturated carbocycles. The van der Waals surface area contributed by atoms with Gasteiger partial charge < -0.3 is 18.9 Å². The number of hydrogen-bond donors (Lipinski definition) is 1. The third-order valence-corrected chi connectivity index (χ3v) is 4.56. The van der Waals surface area contributed by atoms with Crippen LogP contribution in [0.15, 0.2) is 46.0 Å². The molecule has 0 aromatic heterocycles. The highest BCUT2D eigenvalue weighted by Gasteiger charge is 2.14. The van der Waals surface area contributed by atoms with Gasteiger partial charge in [0.1, 0.15) is 5.75 Å². The second kappa shape index (κ2) is 13.4. The van der Waals surface area contributed by atoms with Gasteiger partial charge in [0.15, 0.2) is 18.1 Å². The Morgan fingerprint density at radius 2 is 1.72 bits per heavy atom. The fourth-order valence-electron chi connectivity index (χ4n) is 2.67. The van der Waals surface area contributed by atoms with Gasteiger partial charge in [-0.1, -0.05) is 12.1 Å². The molecular weight excluding hydrogens is 480 g/mol. The molecule has 0 fully saturated rings. The molecule has 0 aliphatic rings. The van der Waals surface area contributed by atoms with Crippen LogP contribution in [0.1, 0.15) is 31.9 Å². The Morgan fingerprint density at radius 3 is 2.38 bits per heavy atom. The molecule has 0 radical (unpaired) electrons. The Kier molecular flexibility index (Phi) is 10.5. The Morgan fingerprint density at radius 1 is 1.00 bits per heavy atom. The Labute approximate surface area is 196 Å². The van der Waals surface area contributed by atoms with Crippen molar-refractivity contribution in [3.05, 3.63) is 52.0 Å². The summed E-state index contributed by atoms with van der Waals surface area (Å²) in [5.41, 5.74) is 4.03. The van der Waals surface area contributed by atoms with Crippen LogP contribution in [0, 0.1) is 0 Å². The molecule has 2 aromatic carbocycles. The van der Waals surface area contributed by atoms with E-state index in [9.17, 15) is 9.59 Å². The van der Waals surface area contributed by atoms with E-state index < -0.39 is 5.97 Å². The van der Waals surface area contributed by atoms with Crippen LogP contribution in [-0.2, 0) is 20.7 Å². The summed E-state index contributed by atoms with van der Waals surface area (Å²) in [6, 6.07) is 10.8. The first-order valence-electron chi connectivity index (χ1n) is 10.2. The molecule has 0 bridgehead atoms. The van der Waals surface area contributed by atoms with E-state index in [0.29, 0.717) is 34.7 Å². The van der Waals surface area contributed by atoms with Crippen LogP contribution in [0.3, 0.4) is 0 Å². The van der Waals surface area contributed by atoms with E-state index in [4.69, 9.17) is 18.9 Å². The fraction of sp³-hybridized carbons (Fsp3) is 0.348. The third-order valence-electron chi connectivity index (χ3n) is 3.97. The van der Waals surface area contributed by atoms with Crippen molar-refractivity contribution in [1.82, 2.24) is 5.43 Å². The number of hydrogen-bond acceptors (Lipinski definition) is 7. The molecule has 8 nitrogen and oxygen atoms in total. The van der Waals surface area contributed by atoms with E-state index in [-0.39, 0.29) is 25.5 Å². The standard InChI is InChI=1S/C23H27BrN2O6/c1-4-29-18-9-7-16(8-10-18)13-21(27)26-25-14-17-11-19(24)23(20(12-17)30-5-2)32-15-22(28)31-6-3/h7-12,14H,4-6,13,15H2,1-3H3,(H,26,27)/b25-14-. The first kappa shape index (κ1) is 25.2. The quantitative estimate of drug-likeness (QED) is 0.266. The summed E-state index contributed by atoms with van der Waals surface area (Å²) in [5, 5.41) is 4.01. The highest BCUT2D eigenvalue weighted by atomic mass is 79.9. The molecule has 2 rings (SSSR count). The number of benzene rings is 2. The van der Waals surface area contributed by atoms with Gasteiger partial charge in [-0.2, -0.15) is 5.10 Å². The zero-order valence-corrected chi connectivity index (χ0v) is 19.9. The van der Waals surface area contributed by atoms with Crippen molar-refractivity contribution < 1.29 is 28.5 Å². The molecule has 1 amide bonds. The normalized spacial score (nSPS) is 10.6. The van der Waals surface area contributed by atoms with Crippen LogP contribution in [0.2, 0.25) is 0 Å². The summed E-state index contributed by atoms with van der Waals surface area (Å²) >= 11 is 3.42. The van der Waals surface area contributed by atoms with E-state index in [1.165, 1.54) is 6.21 Å². The van der Waals surface area contributed by atoms with Gasteiger partial charge in [-0.25, -0.2) is 10.2 Å². The van der Waals surface area contributed by atoms with Crippen molar-refractivity contribution in [2.45, 2.75) is 27.2 Å². The van der Waals surface area contributed by atoms with E-state index in [1.807, 2.05) is 38.1 Å². The lowest BCUT2D eigenvalue weighted by Gasteiger charge is -2.14. The molecule has 172 valence electrons. The number of halogens is 1. The molecule has 0 spiro atoms. The first-order valence-corrected chi connectivity index (χ1v) is 11.0. The van der Waals surface area contributed by atoms with Crippen molar-refractivity contribution in [3.8, 4) is 17.2 Å². The molecule has 0 aliphatic heterocycles. The van der Waals surface area contributed by atoms with Gasteiger partial charge in [0.2, 0.25) is 5.91 Å². The molecule has 32 heavy (non-hydrogen) atoms. The first-order chi connectivity index (χ1) is 15.5. The summed E-state index contributed by atoms with van der Waals surface area (Å²) in [4.78, 5) is 23.7. The molecule has 9 heteroatoms. The lowest BCUT2D eigenvalue weighted by Crippen LogP contribution is -2.19. The number of rotatable bonds is 12. The fourth-order valence-corrected chi connectivity index (χ4v) is 3.25. The summed E-state index contributed by atoms with van der Waals surface area (Å²) in [6.45, 7) is 6.52. The third kappa shape index (κ3) is 8.22. The molecule has 0 atom stereocenters. The van der Waals surface area contributed by atoms with Crippen LogP contribution in [-0.4, -0.2) is 44.5 Å². The summed E-state index contributed by atoms with van der Waals surface area (Å²) in [6.07, 6.45) is 1.69. The average molecular weight is 507 g/mol. The maximum atomic E-state index is 12.2. The smallest absolute Gasteiger partial charge is 0.344 e. The predicted molar refractivity (Wildman–Crippen MR) is 124 cm³/mol. The van der Waals surface area contributed by atoms with Crippen molar-refractivity contribution in [2.24, 2.45) is 5.10 Å². The van der Waals surface area contributed by atoms with Gasteiger partial charge in [-0.15, -0.1) is 0 Å². The summed E-state index contributed by atoms with van der Waals surface area (Å²) < 4.78 is 22.0. The Bertz CT molecular complexity index is 931. The molecule has 0 heterocycles. The minimum Gasteiger partial charge on any atom is -0.494 e. The predicted octanol–water partition coefficient (Wildman–Crippen LogP) is 3.88.